The van der Waals surface area contributed by atoms with Crippen molar-refractivity contribution in [2.45, 2.75) is 144 Å². The van der Waals surface area contributed by atoms with E-state index in [0.717, 1.165) is 37.8 Å². The molecule has 0 aromatic rings. The highest BCUT2D eigenvalue weighted by Crippen LogP contribution is 2.19. The van der Waals surface area contributed by atoms with Crippen LogP contribution in [0.2, 0.25) is 0 Å². The minimum Gasteiger partial charge on any atom is -0.352 e. The molecule has 0 aliphatic heterocycles. The molecule has 2 nitrogen and oxygen atoms in total. The van der Waals surface area contributed by atoms with Gasteiger partial charge in [-0.05, 0) is 52.4 Å². The summed E-state index contributed by atoms with van der Waals surface area (Å²) in [6.07, 6.45) is 31.1. The first-order valence-electron chi connectivity index (χ1n) is 14.3. The molecule has 2 heteroatoms. The predicted molar refractivity (Wildman–Crippen MR) is 149 cm³/mol. The van der Waals surface area contributed by atoms with Gasteiger partial charge in [0.2, 0.25) is 5.91 Å². The molecule has 0 spiro atoms. The molecule has 0 aliphatic rings. The van der Waals surface area contributed by atoms with Gasteiger partial charge in [0, 0.05) is 12.1 Å². The maximum absolute atomic E-state index is 12.5. The zero-order chi connectivity index (χ0) is 24.6. The molecule has 0 bridgehead atoms. The summed E-state index contributed by atoms with van der Waals surface area (Å²) in [5.41, 5.74) is 2.11. The average molecular weight is 460 g/mol. The van der Waals surface area contributed by atoms with E-state index < -0.39 is 0 Å². The number of carbonyl (C=O) groups is 1. The summed E-state index contributed by atoms with van der Waals surface area (Å²) in [6, 6.07) is 0. The Balaban J connectivity index is 3.72. The summed E-state index contributed by atoms with van der Waals surface area (Å²) in [6.45, 7) is 11.5. The van der Waals surface area contributed by atoms with Crippen LogP contribution in [-0.4, -0.2) is 12.5 Å². The number of hydrogen-bond acceptors (Lipinski definition) is 1. The average Bonchev–Trinajstić information content (AvgIpc) is 2.82. The largest absolute Gasteiger partial charge is 0.352 e. The monoisotopic (exact) mass is 459 g/mol. The summed E-state index contributed by atoms with van der Waals surface area (Å²) in [5, 5.41) is 3.13. The summed E-state index contributed by atoms with van der Waals surface area (Å²) in [4.78, 5) is 12.5. The standard InChI is InChI=1S/C31H57NO/c1-6-8-10-12-14-15-16-17-18-19-20-21-23-25-27-32-31(33)30(5)29(4)28(3)26-24-22-13-11-9-7-2/h7,9,22,24,28H,6,8,10-21,23,25-27H2,1-5H3,(H,32,33)/b9-7+,24-22+,30-29+. The number of nitrogens with one attached hydrogen (secondary N) is 1. The van der Waals surface area contributed by atoms with E-state index in [1.54, 1.807) is 0 Å². The van der Waals surface area contributed by atoms with E-state index in [1.807, 2.05) is 6.92 Å². The molecule has 0 fully saturated rings. The number of allylic oxidation sites excluding steroid dienone is 5. The van der Waals surface area contributed by atoms with Crippen molar-refractivity contribution < 1.29 is 4.79 Å². The number of unbranched alkanes of at least 4 members (excludes halogenated alkanes) is 14. The van der Waals surface area contributed by atoms with Crippen molar-refractivity contribution >= 4 is 5.91 Å². The van der Waals surface area contributed by atoms with Crippen LogP contribution in [0.3, 0.4) is 0 Å². The van der Waals surface area contributed by atoms with Crippen LogP contribution in [0.15, 0.2) is 35.5 Å². The van der Waals surface area contributed by atoms with Gasteiger partial charge < -0.3 is 5.32 Å². The van der Waals surface area contributed by atoms with Gasteiger partial charge >= 0.3 is 0 Å². The van der Waals surface area contributed by atoms with Crippen molar-refractivity contribution in [1.82, 2.24) is 5.32 Å². The molecule has 0 saturated carbocycles. The Morgan fingerprint density at radius 1 is 0.727 bits per heavy atom. The van der Waals surface area contributed by atoms with Crippen molar-refractivity contribution in [3.8, 4) is 0 Å². The lowest BCUT2D eigenvalue weighted by atomic mass is 9.94. The number of rotatable bonds is 22. The van der Waals surface area contributed by atoms with Gasteiger partial charge in [0.25, 0.3) is 0 Å². The molecule has 33 heavy (non-hydrogen) atoms. The van der Waals surface area contributed by atoms with E-state index in [1.165, 1.54) is 89.0 Å². The molecule has 0 heterocycles. The van der Waals surface area contributed by atoms with Crippen LogP contribution in [0, 0.1) is 5.92 Å². The molecule has 192 valence electrons. The highest BCUT2D eigenvalue weighted by molar-refractivity contribution is 5.93. The summed E-state index contributed by atoms with van der Waals surface area (Å²) in [7, 11) is 0. The predicted octanol–water partition coefficient (Wildman–Crippen LogP) is 9.86. The van der Waals surface area contributed by atoms with Gasteiger partial charge in [0.15, 0.2) is 0 Å². The normalized spacial score (nSPS) is 13.6. The van der Waals surface area contributed by atoms with Gasteiger partial charge in [-0.1, -0.05) is 127 Å². The van der Waals surface area contributed by atoms with Gasteiger partial charge in [0.1, 0.15) is 0 Å². The zero-order valence-corrected chi connectivity index (χ0v) is 23.0. The van der Waals surface area contributed by atoms with Gasteiger partial charge in [0.05, 0.1) is 0 Å². The molecule has 0 aromatic heterocycles. The highest BCUT2D eigenvalue weighted by Gasteiger charge is 2.11. The Morgan fingerprint density at radius 3 is 1.73 bits per heavy atom. The molecule has 1 unspecified atom stereocenters. The van der Waals surface area contributed by atoms with E-state index in [9.17, 15) is 4.79 Å². The van der Waals surface area contributed by atoms with E-state index >= 15 is 0 Å². The minimum atomic E-state index is 0.117. The van der Waals surface area contributed by atoms with Crippen LogP contribution < -0.4 is 5.32 Å². The van der Waals surface area contributed by atoms with Crippen molar-refractivity contribution in [2.75, 3.05) is 6.54 Å². The van der Waals surface area contributed by atoms with E-state index in [4.69, 9.17) is 0 Å². The van der Waals surface area contributed by atoms with E-state index in [2.05, 4.69) is 57.3 Å². The lowest BCUT2D eigenvalue weighted by Crippen LogP contribution is -2.26. The number of amides is 1. The highest BCUT2D eigenvalue weighted by atomic mass is 16.1. The maximum Gasteiger partial charge on any atom is 0.246 e. The molecule has 0 radical (unpaired) electrons. The first-order chi connectivity index (χ1) is 16.0. The lowest BCUT2D eigenvalue weighted by Gasteiger charge is -2.14. The second kappa shape index (κ2) is 23.8. The van der Waals surface area contributed by atoms with Crippen LogP contribution in [0.1, 0.15) is 144 Å². The van der Waals surface area contributed by atoms with Crippen molar-refractivity contribution in [3.05, 3.63) is 35.5 Å². The van der Waals surface area contributed by atoms with Crippen LogP contribution in [-0.2, 0) is 4.79 Å². The van der Waals surface area contributed by atoms with Crippen LogP contribution >= 0.6 is 0 Å². The molecule has 0 saturated heterocycles. The van der Waals surface area contributed by atoms with E-state index in [0.29, 0.717) is 5.92 Å². The molecule has 0 rings (SSSR count). The third-order valence-corrected chi connectivity index (χ3v) is 6.88. The van der Waals surface area contributed by atoms with Crippen molar-refractivity contribution in [2.24, 2.45) is 5.92 Å². The van der Waals surface area contributed by atoms with Gasteiger partial charge in [-0.25, -0.2) is 0 Å². The second-order valence-corrected chi connectivity index (χ2v) is 9.91. The smallest absolute Gasteiger partial charge is 0.246 e. The van der Waals surface area contributed by atoms with Crippen LogP contribution in [0.4, 0.5) is 0 Å². The molecule has 1 amide bonds. The summed E-state index contributed by atoms with van der Waals surface area (Å²) < 4.78 is 0. The molecular weight excluding hydrogens is 402 g/mol. The Kier molecular flexibility index (Phi) is 22.9. The van der Waals surface area contributed by atoms with Crippen molar-refractivity contribution in [3.63, 3.8) is 0 Å². The SMILES string of the molecule is C/C=C/CC/C=C/CC(C)/C(C)=C(\C)C(=O)NCCCCCCCCCCCCCCCC. The fourth-order valence-electron chi connectivity index (χ4n) is 4.16. The van der Waals surface area contributed by atoms with Gasteiger partial charge in [-0.2, -0.15) is 0 Å². The molecular formula is C31H57NO. The molecule has 0 aliphatic carbocycles. The van der Waals surface area contributed by atoms with Gasteiger partial charge in [-0.3, -0.25) is 4.79 Å². The van der Waals surface area contributed by atoms with Crippen LogP contribution in [0.25, 0.3) is 0 Å². The fraction of sp³-hybridized carbons (Fsp3) is 0.774. The Morgan fingerprint density at radius 2 is 1.21 bits per heavy atom. The number of carbonyl (C=O) groups excluding carboxylic acids is 1. The lowest BCUT2D eigenvalue weighted by molar-refractivity contribution is -0.117. The van der Waals surface area contributed by atoms with Gasteiger partial charge in [-0.15, -0.1) is 0 Å². The molecule has 1 atom stereocenters. The van der Waals surface area contributed by atoms with E-state index in [-0.39, 0.29) is 5.91 Å². The number of hydrogen-bond donors (Lipinski definition) is 1. The zero-order valence-electron chi connectivity index (χ0n) is 23.0. The third-order valence-electron chi connectivity index (χ3n) is 6.88. The Bertz CT molecular complexity index is 543. The Hall–Kier alpha value is -1.31. The quantitative estimate of drug-likeness (QED) is 0.0973. The summed E-state index contributed by atoms with van der Waals surface area (Å²) >= 11 is 0. The Labute approximate surface area is 207 Å². The molecule has 0 aromatic carbocycles. The second-order valence-electron chi connectivity index (χ2n) is 9.91. The first-order valence-corrected chi connectivity index (χ1v) is 14.3. The fourth-order valence-corrected chi connectivity index (χ4v) is 4.16. The minimum absolute atomic E-state index is 0.117. The van der Waals surface area contributed by atoms with Crippen LogP contribution in [0.5, 0.6) is 0 Å². The maximum atomic E-state index is 12.5. The topological polar surface area (TPSA) is 29.1 Å². The third kappa shape index (κ3) is 19.8. The molecule has 1 N–H and O–H groups in total. The summed E-state index contributed by atoms with van der Waals surface area (Å²) in [5.74, 6) is 0.529. The first kappa shape index (κ1) is 31.7. The van der Waals surface area contributed by atoms with Crippen molar-refractivity contribution in [1.29, 1.82) is 0 Å².